The molecule has 2 aromatic heterocycles. The van der Waals surface area contributed by atoms with Crippen LogP contribution >= 0.6 is 11.8 Å². The van der Waals surface area contributed by atoms with Gasteiger partial charge in [-0.05, 0) is 18.2 Å². The summed E-state index contributed by atoms with van der Waals surface area (Å²) >= 11 is 1.24. The van der Waals surface area contributed by atoms with Crippen LogP contribution in [0.1, 0.15) is 5.69 Å². The summed E-state index contributed by atoms with van der Waals surface area (Å²) in [7, 11) is 0. The van der Waals surface area contributed by atoms with Crippen molar-refractivity contribution < 1.29 is 13.7 Å². The predicted molar refractivity (Wildman–Crippen MR) is 86.5 cm³/mol. The standard InChI is InChI=1S/C16H13FN4O2S/c17-13-5-2-1-4-12(13)14-8-11(21-23-14)9-20-15(22)10-24-16-18-6-3-7-19-16/h1-8H,9-10H2,(H,20,22). The van der Waals surface area contributed by atoms with Gasteiger partial charge in [0.15, 0.2) is 10.9 Å². The van der Waals surface area contributed by atoms with Crippen molar-refractivity contribution in [3.8, 4) is 11.3 Å². The van der Waals surface area contributed by atoms with Crippen LogP contribution in [-0.4, -0.2) is 26.8 Å². The van der Waals surface area contributed by atoms with Crippen LogP contribution in [-0.2, 0) is 11.3 Å². The van der Waals surface area contributed by atoms with Gasteiger partial charge in [-0.25, -0.2) is 14.4 Å². The largest absolute Gasteiger partial charge is 0.356 e. The number of hydrogen-bond acceptors (Lipinski definition) is 6. The summed E-state index contributed by atoms with van der Waals surface area (Å²) in [4.78, 5) is 19.9. The number of halogens is 1. The molecule has 0 atom stereocenters. The molecule has 3 aromatic rings. The molecule has 8 heteroatoms. The van der Waals surface area contributed by atoms with Gasteiger partial charge in [-0.15, -0.1) is 0 Å². The van der Waals surface area contributed by atoms with Gasteiger partial charge in [-0.3, -0.25) is 4.79 Å². The van der Waals surface area contributed by atoms with E-state index in [1.807, 2.05) is 0 Å². The summed E-state index contributed by atoms with van der Waals surface area (Å²) in [6.45, 7) is 0.201. The Morgan fingerprint density at radius 3 is 2.79 bits per heavy atom. The van der Waals surface area contributed by atoms with Gasteiger partial charge in [0.2, 0.25) is 5.91 Å². The van der Waals surface area contributed by atoms with Crippen LogP contribution in [0.15, 0.2) is 58.5 Å². The number of aromatic nitrogens is 3. The molecule has 1 N–H and O–H groups in total. The first-order chi connectivity index (χ1) is 11.7. The first-order valence-electron chi connectivity index (χ1n) is 7.09. The molecule has 0 aliphatic heterocycles. The second-order valence-electron chi connectivity index (χ2n) is 4.76. The van der Waals surface area contributed by atoms with Crippen LogP contribution in [0.3, 0.4) is 0 Å². The molecule has 1 aromatic carbocycles. The number of amides is 1. The Morgan fingerprint density at radius 1 is 1.21 bits per heavy atom. The van der Waals surface area contributed by atoms with E-state index in [4.69, 9.17) is 4.52 Å². The number of benzene rings is 1. The quantitative estimate of drug-likeness (QED) is 0.547. The lowest BCUT2D eigenvalue weighted by Crippen LogP contribution is -2.24. The van der Waals surface area contributed by atoms with E-state index in [1.54, 1.807) is 42.7 Å². The highest BCUT2D eigenvalue weighted by molar-refractivity contribution is 7.99. The average molecular weight is 344 g/mol. The Bertz CT molecular complexity index is 826. The molecule has 0 unspecified atom stereocenters. The summed E-state index contributed by atoms with van der Waals surface area (Å²) in [5.41, 5.74) is 0.849. The van der Waals surface area contributed by atoms with Crippen molar-refractivity contribution in [3.05, 3.63) is 60.3 Å². The van der Waals surface area contributed by atoms with Gasteiger partial charge in [0, 0.05) is 18.5 Å². The van der Waals surface area contributed by atoms with Crippen molar-refractivity contribution in [1.82, 2.24) is 20.4 Å². The maximum absolute atomic E-state index is 13.7. The monoisotopic (exact) mass is 344 g/mol. The maximum Gasteiger partial charge on any atom is 0.230 e. The Kier molecular flexibility index (Phi) is 5.17. The first-order valence-corrected chi connectivity index (χ1v) is 8.08. The van der Waals surface area contributed by atoms with Crippen molar-refractivity contribution in [3.63, 3.8) is 0 Å². The number of carbonyl (C=O) groups excluding carboxylic acids is 1. The number of nitrogens with zero attached hydrogens (tertiary/aromatic N) is 3. The third kappa shape index (κ3) is 4.17. The zero-order valence-electron chi connectivity index (χ0n) is 12.5. The zero-order chi connectivity index (χ0) is 16.8. The summed E-state index contributed by atoms with van der Waals surface area (Å²) in [5, 5.41) is 7.09. The molecule has 2 heterocycles. The van der Waals surface area contributed by atoms with E-state index in [-0.39, 0.29) is 24.0 Å². The van der Waals surface area contributed by atoms with E-state index in [2.05, 4.69) is 20.4 Å². The number of carbonyl (C=O) groups is 1. The number of nitrogens with one attached hydrogen (secondary N) is 1. The Balaban J connectivity index is 1.52. The number of thioether (sulfide) groups is 1. The maximum atomic E-state index is 13.7. The van der Waals surface area contributed by atoms with Crippen molar-refractivity contribution in [2.75, 3.05) is 5.75 Å². The fourth-order valence-electron chi connectivity index (χ4n) is 1.91. The molecular formula is C16H13FN4O2S. The molecule has 0 radical (unpaired) electrons. The van der Waals surface area contributed by atoms with Crippen LogP contribution in [0.2, 0.25) is 0 Å². The molecule has 6 nitrogen and oxygen atoms in total. The van der Waals surface area contributed by atoms with E-state index in [1.165, 1.54) is 17.8 Å². The van der Waals surface area contributed by atoms with Gasteiger partial charge in [-0.1, -0.05) is 29.1 Å². The van der Waals surface area contributed by atoms with Crippen LogP contribution in [0.4, 0.5) is 4.39 Å². The minimum absolute atomic E-state index is 0.178. The third-order valence-electron chi connectivity index (χ3n) is 3.04. The smallest absolute Gasteiger partial charge is 0.230 e. The lowest BCUT2D eigenvalue weighted by atomic mass is 10.1. The van der Waals surface area contributed by atoms with Crippen molar-refractivity contribution >= 4 is 17.7 Å². The van der Waals surface area contributed by atoms with E-state index in [0.717, 1.165) is 0 Å². The summed E-state index contributed by atoms with van der Waals surface area (Å²) in [6.07, 6.45) is 3.24. The highest BCUT2D eigenvalue weighted by Gasteiger charge is 2.11. The summed E-state index contributed by atoms with van der Waals surface area (Å²) in [6, 6.07) is 9.58. The normalized spacial score (nSPS) is 10.5. The molecule has 0 fully saturated rings. The lowest BCUT2D eigenvalue weighted by molar-refractivity contribution is -0.118. The van der Waals surface area contributed by atoms with Gasteiger partial charge < -0.3 is 9.84 Å². The van der Waals surface area contributed by atoms with Crippen LogP contribution in [0.25, 0.3) is 11.3 Å². The second-order valence-corrected chi connectivity index (χ2v) is 5.70. The van der Waals surface area contributed by atoms with Crippen LogP contribution in [0, 0.1) is 5.82 Å². The van der Waals surface area contributed by atoms with E-state index in [0.29, 0.717) is 22.2 Å². The highest BCUT2D eigenvalue weighted by atomic mass is 32.2. The highest BCUT2D eigenvalue weighted by Crippen LogP contribution is 2.23. The molecule has 0 spiro atoms. The predicted octanol–water partition coefficient (Wildman–Crippen LogP) is 2.68. The SMILES string of the molecule is O=C(CSc1ncccn1)NCc1cc(-c2ccccc2F)on1. The molecule has 0 saturated heterocycles. The Morgan fingerprint density at radius 2 is 2.00 bits per heavy atom. The molecular weight excluding hydrogens is 331 g/mol. The molecule has 0 aliphatic carbocycles. The Hall–Kier alpha value is -2.74. The zero-order valence-corrected chi connectivity index (χ0v) is 13.3. The number of hydrogen-bond donors (Lipinski definition) is 1. The van der Waals surface area contributed by atoms with E-state index < -0.39 is 0 Å². The minimum atomic E-state index is -0.386. The van der Waals surface area contributed by atoms with Crippen LogP contribution in [0.5, 0.6) is 0 Å². The van der Waals surface area contributed by atoms with Gasteiger partial charge in [0.25, 0.3) is 0 Å². The van der Waals surface area contributed by atoms with Gasteiger partial charge in [-0.2, -0.15) is 0 Å². The topological polar surface area (TPSA) is 80.9 Å². The molecule has 0 aliphatic rings. The van der Waals surface area contributed by atoms with E-state index in [9.17, 15) is 9.18 Å². The molecule has 0 bridgehead atoms. The first kappa shape index (κ1) is 16.1. The number of rotatable bonds is 6. The molecule has 1 amide bonds. The van der Waals surface area contributed by atoms with Gasteiger partial charge >= 0.3 is 0 Å². The summed E-state index contributed by atoms with van der Waals surface area (Å²) in [5.74, 6) is -0.0435. The fourth-order valence-corrected chi connectivity index (χ4v) is 2.55. The minimum Gasteiger partial charge on any atom is -0.356 e. The lowest BCUT2D eigenvalue weighted by Gasteiger charge is -2.01. The van der Waals surface area contributed by atoms with Gasteiger partial charge in [0.05, 0.1) is 17.9 Å². The average Bonchev–Trinajstić information content (AvgIpc) is 3.08. The molecule has 0 saturated carbocycles. The van der Waals surface area contributed by atoms with E-state index >= 15 is 0 Å². The third-order valence-corrected chi connectivity index (χ3v) is 3.91. The Labute approximate surface area is 141 Å². The van der Waals surface area contributed by atoms with Crippen molar-refractivity contribution in [1.29, 1.82) is 0 Å². The fraction of sp³-hybridized carbons (Fsp3) is 0.125. The summed E-state index contributed by atoms with van der Waals surface area (Å²) < 4.78 is 18.8. The second kappa shape index (κ2) is 7.69. The molecule has 3 rings (SSSR count). The van der Waals surface area contributed by atoms with Crippen molar-refractivity contribution in [2.24, 2.45) is 0 Å². The van der Waals surface area contributed by atoms with Crippen LogP contribution < -0.4 is 5.32 Å². The van der Waals surface area contributed by atoms with Crippen molar-refractivity contribution in [2.45, 2.75) is 11.7 Å². The van der Waals surface area contributed by atoms with Gasteiger partial charge in [0.1, 0.15) is 11.5 Å². The molecule has 122 valence electrons. The molecule has 24 heavy (non-hydrogen) atoms.